The van der Waals surface area contributed by atoms with Gasteiger partial charge in [0.15, 0.2) is 0 Å². The van der Waals surface area contributed by atoms with Crippen molar-refractivity contribution in [2.45, 2.75) is 37.9 Å². The number of carbonyl (C=O) groups excluding carboxylic acids is 2. The van der Waals surface area contributed by atoms with Gasteiger partial charge in [-0.3, -0.25) is 9.59 Å². The highest BCUT2D eigenvalue weighted by Crippen LogP contribution is 2.36. The molecular formula is C23H22F3N3O4S. The number of halogens is 3. The molecule has 34 heavy (non-hydrogen) atoms. The third kappa shape index (κ3) is 4.52. The van der Waals surface area contributed by atoms with Crippen molar-refractivity contribution >= 4 is 32.7 Å². The molecule has 11 heteroatoms. The van der Waals surface area contributed by atoms with E-state index in [1.165, 1.54) is 23.2 Å². The van der Waals surface area contributed by atoms with Crippen LogP contribution in [-0.4, -0.2) is 47.3 Å². The lowest BCUT2D eigenvalue weighted by Gasteiger charge is -2.30. The first-order valence-electron chi connectivity index (χ1n) is 10.4. The molecule has 2 heterocycles. The molecule has 1 aromatic heterocycles. The van der Waals surface area contributed by atoms with Crippen LogP contribution in [0.4, 0.5) is 13.2 Å². The van der Waals surface area contributed by atoms with Crippen LogP contribution in [0, 0.1) is 5.82 Å². The zero-order valence-electron chi connectivity index (χ0n) is 18.3. The van der Waals surface area contributed by atoms with Gasteiger partial charge < -0.3 is 10.2 Å². The number of likely N-dealkylation sites (tertiary alicyclic amines) is 1. The Balaban J connectivity index is 1.76. The molecule has 1 aliphatic rings. The highest BCUT2D eigenvalue weighted by atomic mass is 32.2. The van der Waals surface area contributed by atoms with Crippen molar-refractivity contribution in [2.75, 3.05) is 6.26 Å². The lowest BCUT2D eigenvalue weighted by atomic mass is 9.99. The first-order chi connectivity index (χ1) is 15.9. The number of benzene rings is 2. The van der Waals surface area contributed by atoms with E-state index in [4.69, 9.17) is 0 Å². The van der Waals surface area contributed by atoms with Crippen molar-refractivity contribution in [1.82, 2.24) is 14.2 Å². The molecule has 1 aliphatic heterocycles. The second-order valence-electron chi connectivity index (χ2n) is 8.42. The lowest BCUT2D eigenvalue weighted by Crippen LogP contribution is -2.46. The van der Waals surface area contributed by atoms with Gasteiger partial charge in [-0.2, -0.15) is 8.78 Å². The molecule has 0 bridgehead atoms. The van der Waals surface area contributed by atoms with E-state index in [0.717, 1.165) is 16.3 Å². The maximum absolute atomic E-state index is 14.5. The molecule has 2 amide bonds. The van der Waals surface area contributed by atoms with E-state index in [0.29, 0.717) is 23.4 Å². The molecular weight excluding hydrogens is 471 g/mol. The van der Waals surface area contributed by atoms with Crippen LogP contribution in [0.25, 0.3) is 10.9 Å². The zero-order chi connectivity index (χ0) is 24.8. The minimum atomic E-state index is -3.70. The summed E-state index contributed by atoms with van der Waals surface area (Å²) in [7, 11) is -3.70. The van der Waals surface area contributed by atoms with Gasteiger partial charge in [-0.1, -0.05) is 30.3 Å². The number of carbonyl (C=O) groups is 2. The van der Waals surface area contributed by atoms with Gasteiger partial charge in [0.1, 0.15) is 5.82 Å². The minimum absolute atomic E-state index is 0.116. The Bertz CT molecular complexity index is 1370. The molecule has 2 atom stereocenters. The molecule has 4 rings (SSSR count). The molecule has 3 aromatic rings. The van der Waals surface area contributed by atoms with E-state index in [-0.39, 0.29) is 18.5 Å². The maximum Gasteiger partial charge on any atom is 0.321 e. The standard InChI is InChI=1S/C23H22F3N3O4S/c1-23(25,26)22(31)27-18-12-20(30)28(21(18)14-6-4-3-5-7-14)13-15-10-16(24)11-19-17(15)8-9-29(19)34(2,32)33/h3-11,18,21H,12-13H2,1-2H3,(H,27,31). The highest BCUT2D eigenvalue weighted by Gasteiger charge is 2.44. The third-order valence-electron chi connectivity index (χ3n) is 5.81. The van der Waals surface area contributed by atoms with Crippen molar-refractivity contribution < 1.29 is 31.2 Å². The fraction of sp³-hybridized carbons (Fsp3) is 0.304. The minimum Gasteiger partial charge on any atom is -0.345 e. The van der Waals surface area contributed by atoms with E-state index in [2.05, 4.69) is 5.32 Å². The number of alkyl halides is 2. The molecule has 7 nitrogen and oxygen atoms in total. The van der Waals surface area contributed by atoms with Crippen LogP contribution < -0.4 is 5.32 Å². The normalized spacial score (nSPS) is 19.1. The second kappa shape index (κ2) is 8.46. The molecule has 2 aromatic carbocycles. The van der Waals surface area contributed by atoms with E-state index in [1.807, 2.05) is 0 Å². The topological polar surface area (TPSA) is 88.5 Å². The summed E-state index contributed by atoms with van der Waals surface area (Å²) < 4.78 is 66.6. The highest BCUT2D eigenvalue weighted by molar-refractivity contribution is 7.89. The Hall–Kier alpha value is -3.34. The average Bonchev–Trinajstić information content (AvgIpc) is 3.29. The number of hydrogen-bond donors (Lipinski definition) is 1. The number of nitrogens with zero attached hydrogens (tertiary/aromatic N) is 2. The smallest absolute Gasteiger partial charge is 0.321 e. The summed E-state index contributed by atoms with van der Waals surface area (Å²) in [5.41, 5.74) is 1.08. The summed E-state index contributed by atoms with van der Waals surface area (Å²) in [5, 5.41) is 2.71. The second-order valence-corrected chi connectivity index (χ2v) is 10.3. The number of nitrogens with one attached hydrogen (secondary N) is 1. The lowest BCUT2D eigenvalue weighted by molar-refractivity contribution is -0.144. The Morgan fingerprint density at radius 1 is 1.18 bits per heavy atom. The van der Waals surface area contributed by atoms with Crippen LogP contribution in [0.1, 0.15) is 30.5 Å². The Morgan fingerprint density at radius 3 is 2.47 bits per heavy atom. The summed E-state index contributed by atoms with van der Waals surface area (Å²) in [6.45, 7) is 0.361. The number of amides is 2. The van der Waals surface area contributed by atoms with Gasteiger partial charge >= 0.3 is 5.92 Å². The van der Waals surface area contributed by atoms with Crippen LogP contribution >= 0.6 is 0 Å². The third-order valence-corrected chi connectivity index (χ3v) is 6.84. The van der Waals surface area contributed by atoms with E-state index >= 15 is 0 Å². The summed E-state index contributed by atoms with van der Waals surface area (Å²) in [6.07, 6.45) is 2.07. The van der Waals surface area contributed by atoms with Crippen LogP contribution in [0.15, 0.2) is 54.7 Å². The first kappa shape index (κ1) is 23.8. The Morgan fingerprint density at radius 2 is 1.85 bits per heavy atom. The van der Waals surface area contributed by atoms with Crippen molar-refractivity contribution in [3.8, 4) is 0 Å². The zero-order valence-corrected chi connectivity index (χ0v) is 19.2. The molecule has 0 radical (unpaired) electrons. The number of rotatable bonds is 6. The monoisotopic (exact) mass is 493 g/mol. The summed E-state index contributed by atoms with van der Waals surface area (Å²) in [6, 6.07) is 10.7. The maximum atomic E-state index is 14.5. The molecule has 0 aliphatic carbocycles. The molecule has 0 saturated carbocycles. The van der Waals surface area contributed by atoms with E-state index in [1.54, 1.807) is 30.3 Å². The average molecular weight is 494 g/mol. The number of fused-ring (bicyclic) bond motifs is 1. The summed E-state index contributed by atoms with van der Waals surface area (Å²) in [4.78, 5) is 26.4. The van der Waals surface area contributed by atoms with Gasteiger partial charge in [-0.05, 0) is 29.3 Å². The number of aromatic nitrogens is 1. The molecule has 0 spiro atoms. The van der Waals surface area contributed by atoms with Gasteiger partial charge in [-0.25, -0.2) is 16.8 Å². The van der Waals surface area contributed by atoms with E-state index in [9.17, 15) is 31.2 Å². The molecule has 1 N–H and O–H groups in total. The predicted molar refractivity (Wildman–Crippen MR) is 119 cm³/mol. The Labute approximate surface area is 194 Å². The summed E-state index contributed by atoms with van der Waals surface area (Å²) >= 11 is 0. The van der Waals surface area contributed by atoms with Crippen LogP contribution in [0.5, 0.6) is 0 Å². The van der Waals surface area contributed by atoms with Gasteiger partial charge in [0.2, 0.25) is 15.9 Å². The van der Waals surface area contributed by atoms with Crippen molar-refractivity contribution in [1.29, 1.82) is 0 Å². The van der Waals surface area contributed by atoms with Gasteiger partial charge in [0.05, 0.1) is 23.9 Å². The van der Waals surface area contributed by atoms with Crippen LogP contribution in [-0.2, 0) is 26.2 Å². The molecule has 1 saturated heterocycles. The van der Waals surface area contributed by atoms with Gasteiger partial charge in [0, 0.05) is 31.5 Å². The number of hydrogen-bond acceptors (Lipinski definition) is 4. The van der Waals surface area contributed by atoms with E-state index < -0.39 is 45.7 Å². The fourth-order valence-electron chi connectivity index (χ4n) is 4.32. The largest absolute Gasteiger partial charge is 0.345 e. The quantitative estimate of drug-likeness (QED) is 0.571. The summed E-state index contributed by atoms with van der Waals surface area (Å²) in [5.74, 6) is -6.23. The molecule has 1 fully saturated rings. The van der Waals surface area contributed by atoms with Gasteiger partial charge in [0.25, 0.3) is 5.91 Å². The van der Waals surface area contributed by atoms with Crippen LogP contribution in [0.2, 0.25) is 0 Å². The predicted octanol–water partition coefficient (Wildman–Crippen LogP) is 3.20. The first-order valence-corrected chi connectivity index (χ1v) is 12.2. The van der Waals surface area contributed by atoms with Crippen molar-refractivity contribution in [3.05, 3.63) is 71.7 Å². The molecule has 180 valence electrons. The SMILES string of the molecule is CC(F)(F)C(=O)NC1CC(=O)N(Cc2cc(F)cc3c2ccn3S(C)(=O)=O)C1c1ccccc1. The Kier molecular flexibility index (Phi) is 5.92. The van der Waals surface area contributed by atoms with Crippen molar-refractivity contribution in [3.63, 3.8) is 0 Å². The van der Waals surface area contributed by atoms with Gasteiger partial charge in [-0.15, -0.1) is 0 Å². The molecule has 2 unspecified atom stereocenters. The van der Waals surface area contributed by atoms with Crippen LogP contribution in [0.3, 0.4) is 0 Å². The van der Waals surface area contributed by atoms with Crippen molar-refractivity contribution in [2.24, 2.45) is 0 Å². The fourth-order valence-corrected chi connectivity index (χ4v) is 5.11.